The summed E-state index contributed by atoms with van der Waals surface area (Å²) in [7, 11) is -3.93. The first-order valence-corrected chi connectivity index (χ1v) is 10.9. The van der Waals surface area contributed by atoms with E-state index in [4.69, 9.17) is 0 Å². The van der Waals surface area contributed by atoms with E-state index in [9.17, 15) is 23.3 Å². The first kappa shape index (κ1) is 22.8. The molecular weight excluding hydrogens is 438 g/mol. The third kappa shape index (κ3) is 5.06. The lowest BCUT2D eigenvalue weighted by molar-refractivity contribution is -0.385. The van der Waals surface area contributed by atoms with E-state index in [0.717, 1.165) is 0 Å². The summed E-state index contributed by atoms with van der Waals surface area (Å²) in [6.45, 7) is 6.48. The molecule has 0 bridgehead atoms. The van der Waals surface area contributed by atoms with Crippen LogP contribution in [0.1, 0.15) is 30.0 Å². The molecule has 0 fully saturated rings. The van der Waals surface area contributed by atoms with E-state index in [1.165, 1.54) is 49.0 Å². The third-order valence-corrected chi connectivity index (χ3v) is 5.85. The van der Waals surface area contributed by atoms with Crippen molar-refractivity contribution in [2.75, 3.05) is 10.0 Å². The van der Waals surface area contributed by atoms with Gasteiger partial charge in [0.1, 0.15) is 17.9 Å². The molecule has 0 aliphatic rings. The van der Waals surface area contributed by atoms with Crippen molar-refractivity contribution in [3.8, 4) is 0 Å². The smallest absolute Gasteiger partial charge is 0.309 e. The van der Waals surface area contributed by atoms with Gasteiger partial charge in [-0.1, -0.05) is 0 Å². The molecule has 1 aromatic carbocycles. The Labute approximate surface area is 183 Å². The van der Waals surface area contributed by atoms with Crippen molar-refractivity contribution in [3.05, 3.63) is 63.7 Å². The zero-order valence-corrected chi connectivity index (χ0v) is 18.5. The molecule has 2 heterocycles. The van der Waals surface area contributed by atoms with Crippen molar-refractivity contribution >= 4 is 33.3 Å². The Morgan fingerprint density at radius 1 is 1.12 bits per heavy atom. The van der Waals surface area contributed by atoms with Gasteiger partial charge in [0.2, 0.25) is 11.9 Å². The zero-order valence-electron chi connectivity index (χ0n) is 17.7. The fourth-order valence-electron chi connectivity index (χ4n) is 2.88. The minimum Gasteiger partial charge on any atom is -0.324 e. The minimum atomic E-state index is -3.93. The van der Waals surface area contributed by atoms with Crippen molar-refractivity contribution in [2.45, 2.75) is 38.6 Å². The topological polar surface area (TPSA) is 162 Å². The highest BCUT2D eigenvalue weighted by Crippen LogP contribution is 2.21. The molecule has 32 heavy (non-hydrogen) atoms. The van der Waals surface area contributed by atoms with Crippen LogP contribution >= 0.6 is 0 Å². The SMILES string of the molecule is Cc1cc(C)nc(NS(=O)(=O)c2ccc(NC(=O)C(C)n3cc([N+](=O)[O-])c(C)n3)cc2)n1. The molecule has 13 heteroatoms. The predicted octanol–water partition coefficient (Wildman–Crippen LogP) is 2.51. The lowest BCUT2D eigenvalue weighted by Crippen LogP contribution is -2.24. The number of nitrogens with zero attached hydrogens (tertiary/aromatic N) is 5. The molecule has 0 spiro atoms. The molecule has 0 saturated heterocycles. The van der Waals surface area contributed by atoms with Crippen molar-refractivity contribution in [2.24, 2.45) is 0 Å². The number of amides is 1. The lowest BCUT2D eigenvalue weighted by Gasteiger charge is -2.13. The van der Waals surface area contributed by atoms with Crippen LogP contribution in [0.25, 0.3) is 0 Å². The molecule has 2 aromatic heterocycles. The second kappa shape index (κ2) is 8.70. The van der Waals surface area contributed by atoms with E-state index in [0.29, 0.717) is 17.1 Å². The Balaban J connectivity index is 1.71. The van der Waals surface area contributed by atoms with Gasteiger partial charge in [-0.2, -0.15) is 5.10 Å². The van der Waals surface area contributed by atoms with Crippen LogP contribution < -0.4 is 10.0 Å². The first-order valence-electron chi connectivity index (χ1n) is 9.42. The van der Waals surface area contributed by atoms with Gasteiger partial charge in [-0.05, 0) is 58.0 Å². The molecule has 3 aromatic rings. The monoisotopic (exact) mass is 459 g/mol. The summed E-state index contributed by atoms with van der Waals surface area (Å²) in [5, 5.41) is 17.6. The number of benzene rings is 1. The molecule has 0 radical (unpaired) electrons. The second-order valence-corrected chi connectivity index (χ2v) is 8.79. The molecule has 1 atom stereocenters. The Bertz CT molecular complexity index is 1270. The van der Waals surface area contributed by atoms with Gasteiger partial charge in [-0.15, -0.1) is 0 Å². The van der Waals surface area contributed by atoms with Crippen molar-refractivity contribution in [1.82, 2.24) is 19.7 Å². The van der Waals surface area contributed by atoms with Crippen LogP contribution in [-0.4, -0.2) is 39.0 Å². The Hall–Kier alpha value is -3.87. The van der Waals surface area contributed by atoms with E-state index in [1.54, 1.807) is 19.9 Å². The third-order valence-electron chi connectivity index (χ3n) is 4.50. The number of hydrogen-bond acceptors (Lipinski definition) is 8. The van der Waals surface area contributed by atoms with Crippen LogP contribution in [0.5, 0.6) is 0 Å². The predicted molar refractivity (Wildman–Crippen MR) is 116 cm³/mol. The molecule has 3 rings (SSSR count). The molecule has 0 aliphatic heterocycles. The minimum absolute atomic E-state index is 0.0303. The van der Waals surface area contributed by atoms with E-state index in [-0.39, 0.29) is 22.2 Å². The summed E-state index contributed by atoms with van der Waals surface area (Å²) in [6.07, 6.45) is 1.19. The maximum atomic E-state index is 12.6. The number of anilines is 2. The average Bonchev–Trinajstić information content (AvgIpc) is 3.08. The summed E-state index contributed by atoms with van der Waals surface area (Å²) in [5.41, 5.74) is 1.62. The van der Waals surface area contributed by atoms with Crippen molar-refractivity contribution in [3.63, 3.8) is 0 Å². The van der Waals surface area contributed by atoms with E-state index in [1.807, 2.05) is 0 Å². The summed E-state index contributed by atoms with van der Waals surface area (Å²) in [6, 6.07) is 6.41. The quantitative estimate of drug-likeness (QED) is 0.402. The van der Waals surface area contributed by atoms with Crippen molar-refractivity contribution < 1.29 is 18.1 Å². The fraction of sp³-hybridized carbons (Fsp3) is 0.263. The molecule has 168 valence electrons. The molecule has 1 amide bonds. The summed E-state index contributed by atoms with van der Waals surface area (Å²) >= 11 is 0. The van der Waals surface area contributed by atoms with E-state index >= 15 is 0 Å². The molecule has 12 nitrogen and oxygen atoms in total. The first-order chi connectivity index (χ1) is 15.0. The highest BCUT2D eigenvalue weighted by molar-refractivity contribution is 7.92. The van der Waals surface area contributed by atoms with Crippen LogP contribution in [0.3, 0.4) is 0 Å². The molecular formula is C19H21N7O5S. The number of aryl methyl sites for hydroxylation is 3. The Morgan fingerprint density at radius 2 is 1.72 bits per heavy atom. The highest BCUT2D eigenvalue weighted by atomic mass is 32.2. The van der Waals surface area contributed by atoms with Crippen LogP contribution in [0.15, 0.2) is 41.4 Å². The van der Waals surface area contributed by atoms with Gasteiger partial charge < -0.3 is 5.32 Å². The standard InChI is InChI=1S/C19H21N7O5S/c1-11-9-12(2)21-19(20-11)24-32(30,31)16-7-5-15(6-8-16)22-18(27)14(4)25-10-17(26(28)29)13(3)23-25/h5-10,14H,1-4H3,(H,22,27)(H,20,21,24). The average molecular weight is 459 g/mol. The summed E-state index contributed by atoms with van der Waals surface area (Å²) in [5.74, 6) is -0.503. The normalized spacial score (nSPS) is 12.2. The van der Waals surface area contributed by atoms with Crippen LogP contribution in [0.4, 0.5) is 17.3 Å². The zero-order chi connectivity index (χ0) is 23.6. The van der Waals surface area contributed by atoms with Gasteiger partial charge in [0.15, 0.2) is 0 Å². The number of rotatable bonds is 7. The molecule has 2 N–H and O–H groups in total. The van der Waals surface area contributed by atoms with Gasteiger partial charge in [0, 0.05) is 17.1 Å². The van der Waals surface area contributed by atoms with Crippen LogP contribution in [0.2, 0.25) is 0 Å². The van der Waals surface area contributed by atoms with Crippen LogP contribution in [0, 0.1) is 30.9 Å². The summed E-state index contributed by atoms with van der Waals surface area (Å²) in [4.78, 5) is 31.0. The highest BCUT2D eigenvalue weighted by Gasteiger charge is 2.22. The van der Waals surface area contributed by atoms with Gasteiger partial charge in [0.25, 0.3) is 10.0 Å². The van der Waals surface area contributed by atoms with Gasteiger partial charge in [-0.3, -0.25) is 19.6 Å². The number of nitro groups is 1. The van der Waals surface area contributed by atoms with Crippen molar-refractivity contribution in [1.29, 1.82) is 0 Å². The number of carbonyl (C=O) groups is 1. The number of carbonyl (C=O) groups excluding carboxylic acids is 1. The molecule has 0 aliphatic carbocycles. The maximum absolute atomic E-state index is 12.6. The Morgan fingerprint density at radius 3 is 2.25 bits per heavy atom. The van der Waals surface area contributed by atoms with Gasteiger partial charge in [0.05, 0.1) is 9.82 Å². The number of aromatic nitrogens is 4. The maximum Gasteiger partial charge on any atom is 0.309 e. The second-order valence-electron chi connectivity index (χ2n) is 7.11. The summed E-state index contributed by atoms with van der Waals surface area (Å²) < 4.78 is 28.7. The van der Waals surface area contributed by atoms with Gasteiger partial charge >= 0.3 is 5.69 Å². The Kier molecular flexibility index (Phi) is 6.20. The number of sulfonamides is 1. The largest absolute Gasteiger partial charge is 0.324 e. The van der Waals surface area contributed by atoms with E-state index in [2.05, 4.69) is 25.1 Å². The van der Waals surface area contributed by atoms with Gasteiger partial charge in [-0.25, -0.2) is 23.1 Å². The van der Waals surface area contributed by atoms with Crippen LogP contribution in [-0.2, 0) is 14.8 Å². The fourth-order valence-corrected chi connectivity index (χ4v) is 3.83. The van der Waals surface area contributed by atoms with E-state index < -0.39 is 26.9 Å². The number of hydrogen-bond donors (Lipinski definition) is 2. The number of nitrogens with one attached hydrogen (secondary N) is 2. The molecule has 1 unspecified atom stereocenters. The molecule has 0 saturated carbocycles. The lowest BCUT2D eigenvalue weighted by atomic mass is 10.2.